The quantitative estimate of drug-likeness (QED) is 0.668. The normalized spacial score (nSPS) is 20.9. The number of hydrogen-bond donors (Lipinski definition) is 2. The molecular weight excluding hydrogens is 467 g/mol. The van der Waals surface area contributed by atoms with Crippen LogP contribution in [0.15, 0.2) is 42.5 Å². The molecule has 2 N–H and O–H groups in total. The largest absolute Gasteiger partial charge is 0.491 e. The smallest absolute Gasteiger partial charge is 0.323 e. The number of fused-ring (bicyclic) bond motifs is 1. The second-order valence-electron chi connectivity index (χ2n) is 9.04. The summed E-state index contributed by atoms with van der Waals surface area (Å²) in [6.45, 7) is 6.28. The third kappa shape index (κ3) is 6.51. The first-order valence-corrected chi connectivity index (χ1v) is 11.8. The van der Waals surface area contributed by atoms with Gasteiger partial charge < -0.3 is 29.9 Å². The monoisotopic (exact) mass is 500 g/mol. The third-order valence-corrected chi connectivity index (χ3v) is 6.23. The summed E-state index contributed by atoms with van der Waals surface area (Å²) in [5.41, 5.74) is 0.696. The first-order valence-electron chi connectivity index (χ1n) is 11.8. The molecule has 4 amide bonds. The number of methoxy groups -OCH3 is 1. The van der Waals surface area contributed by atoms with Crippen molar-refractivity contribution in [3.8, 4) is 5.75 Å². The molecule has 0 saturated heterocycles. The SMILES string of the molecule is CO[C@@H]1CN(C)C(=O)c2ccc(NC(=O)Nc3ccccc3F)cc2OC[C@H](C)N(C(C)=O)C[C@@H]1C. The number of para-hydroxylation sites is 1. The average Bonchev–Trinajstić information content (AvgIpc) is 2.84. The number of nitrogens with zero attached hydrogens (tertiary/aromatic N) is 2. The highest BCUT2D eigenvalue weighted by atomic mass is 19.1. The predicted octanol–water partition coefficient (Wildman–Crippen LogP) is 3.82. The Balaban J connectivity index is 1.88. The van der Waals surface area contributed by atoms with Crippen LogP contribution in [0.2, 0.25) is 0 Å². The fourth-order valence-electron chi connectivity index (χ4n) is 4.14. The van der Waals surface area contributed by atoms with Crippen molar-refractivity contribution in [3.63, 3.8) is 0 Å². The van der Waals surface area contributed by atoms with Gasteiger partial charge in [-0.15, -0.1) is 0 Å². The van der Waals surface area contributed by atoms with Crippen molar-refractivity contribution >= 4 is 29.2 Å². The Bertz CT molecular complexity index is 1110. The van der Waals surface area contributed by atoms with Crippen molar-refractivity contribution in [3.05, 3.63) is 53.8 Å². The summed E-state index contributed by atoms with van der Waals surface area (Å²) >= 11 is 0. The molecule has 9 nitrogen and oxygen atoms in total. The molecule has 36 heavy (non-hydrogen) atoms. The third-order valence-electron chi connectivity index (χ3n) is 6.23. The maximum Gasteiger partial charge on any atom is 0.323 e. The van der Waals surface area contributed by atoms with Crippen molar-refractivity contribution in [2.45, 2.75) is 32.9 Å². The van der Waals surface area contributed by atoms with Crippen LogP contribution in [0.25, 0.3) is 0 Å². The van der Waals surface area contributed by atoms with Gasteiger partial charge in [-0.1, -0.05) is 19.1 Å². The standard InChI is InChI=1S/C26H33FN4O5/c1-16-13-31(18(3)32)17(2)15-36-23-12-19(28-26(34)29-22-9-7-6-8-21(22)27)10-11-20(23)25(33)30(4)14-24(16)35-5/h6-12,16-17,24H,13-15H2,1-5H3,(H2,28,29,34)/t16-,17-,24+/m0/s1. The number of nitrogens with one attached hydrogen (secondary N) is 2. The molecule has 1 aliphatic rings. The Morgan fingerprint density at radius 2 is 1.83 bits per heavy atom. The van der Waals surface area contributed by atoms with E-state index in [2.05, 4.69) is 10.6 Å². The van der Waals surface area contributed by atoms with Crippen molar-refractivity contribution in [2.24, 2.45) is 5.92 Å². The molecule has 10 heteroatoms. The topological polar surface area (TPSA) is 100 Å². The molecule has 0 fully saturated rings. The van der Waals surface area contributed by atoms with E-state index in [1.54, 1.807) is 42.2 Å². The van der Waals surface area contributed by atoms with Crippen LogP contribution in [0.4, 0.5) is 20.6 Å². The van der Waals surface area contributed by atoms with Gasteiger partial charge in [0.15, 0.2) is 0 Å². The summed E-state index contributed by atoms with van der Waals surface area (Å²) in [7, 11) is 3.27. The zero-order chi connectivity index (χ0) is 26.4. The van der Waals surface area contributed by atoms with Crippen molar-refractivity contribution < 1.29 is 28.2 Å². The summed E-state index contributed by atoms with van der Waals surface area (Å²) in [6, 6.07) is 9.58. The number of carbonyl (C=O) groups is 3. The molecule has 1 heterocycles. The highest BCUT2D eigenvalue weighted by molar-refractivity contribution is 6.01. The van der Waals surface area contributed by atoms with Crippen LogP contribution in [-0.4, -0.2) is 73.6 Å². The maximum atomic E-state index is 13.9. The molecule has 3 rings (SSSR count). The molecule has 0 aliphatic carbocycles. The Labute approximate surface area is 210 Å². The van der Waals surface area contributed by atoms with Crippen LogP contribution in [0.1, 0.15) is 31.1 Å². The molecule has 0 saturated carbocycles. The molecule has 0 radical (unpaired) electrons. The molecule has 0 spiro atoms. The van der Waals surface area contributed by atoms with Gasteiger partial charge in [-0.05, 0) is 31.2 Å². The summed E-state index contributed by atoms with van der Waals surface area (Å²) in [5, 5.41) is 5.09. The fourth-order valence-corrected chi connectivity index (χ4v) is 4.14. The van der Waals surface area contributed by atoms with Gasteiger partial charge in [0.25, 0.3) is 5.91 Å². The van der Waals surface area contributed by atoms with Gasteiger partial charge in [0, 0.05) is 51.8 Å². The number of hydrogen-bond acceptors (Lipinski definition) is 5. The zero-order valence-corrected chi connectivity index (χ0v) is 21.2. The van der Waals surface area contributed by atoms with Crippen molar-refractivity contribution in [2.75, 3.05) is 44.5 Å². The lowest BCUT2D eigenvalue weighted by Gasteiger charge is -2.35. The fraction of sp³-hybridized carbons (Fsp3) is 0.423. The minimum Gasteiger partial charge on any atom is -0.491 e. The van der Waals surface area contributed by atoms with E-state index >= 15 is 0 Å². The second-order valence-corrected chi connectivity index (χ2v) is 9.04. The van der Waals surface area contributed by atoms with Crippen molar-refractivity contribution in [1.29, 1.82) is 0 Å². The molecular formula is C26H33FN4O5. The lowest BCUT2D eigenvalue weighted by Crippen LogP contribution is -2.48. The number of amides is 4. The molecule has 194 valence electrons. The van der Waals surface area contributed by atoms with Gasteiger partial charge in [0.1, 0.15) is 18.2 Å². The Morgan fingerprint density at radius 1 is 1.11 bits per heavy atom. The zero-order valence-electron chi connectivity index (χ0n) is 21.2. The predicted molar refractivity (Wildman–Crippen MR) is 135 cm³/mol. The van der Waals surface area contributed by atoms with Gasteiger partial charge in [-0.25, -0.2) is 9.18 Å². The molecule has 0 bridgehead atoms. The highest BCUT2D eigenvalue weighted by Crippen LogP contribution is 2.27. The first-order chi connectivity index (χ1) is 17.1. The summed E-state index contributed by atoms with van der Waals surface area (Å²) in [5.74, 6) is -0.675. The number of benzene rings is 2. The van der Waals surface area contributed by atoms with Gasteiger partial charge in [-0.2, -0.15) is 0 Å². The number of urea groups is 1. The number of carbonyl (C=O) groups excluding carboxylic acids is 3. The summed E-state index contributed by atoms with van der Waals surface area (Å²) in [6.07, 6.45) is -0.278. The van der Waals surface area contributed by atoms with Crippen LogP contribution in [0.3, 0.4) is 0 Å². The lowest BCUT2D eigenvalue weighted by molar-refractivity contribution is -0.133. The minimum absolute atomic E-state index is 0.0185. The lowest BCUT2D eigenvalue weighted by atomic mass is 10.0. The minimum atomic E-state index is -0.648. The number of likely N-dealkylation sites (N-methyl/N-ethyl adjacent to an activating group) is 1. The van der Waals surface area contributed by atoms with Crippen molar-refractivity contribution in [1.82, 2.24) is 9.80 Å². The van der Waals surface area contributed by atoms with Gasteiger partial charge in [0.05, 0.1) is 23.4 Å². The summed E-state index contributed by atoms with van der Waals surface area (Å²) < 4.78 is 25.5. The van der Waals surface area contributed by atoms with E-state index in [0.29, 0.717) is 24.3 Å². The molecule has 0 unspecified atom stereocenters. The maximum absolute atomic E-state index is 13.9. The number of ether oxygens (including phenoxy) is 2. The molecule has 1 aliphatic heterocycles. The van der Waals surface area contributed by atoms with Gasteiger partial charge in [0.2, 0.25) is 5.91 Å². The first kappa shape index (κ1) is 26.9. The second kappa shape index (κ2) is 11.9. The Morgan fingerprint density at radius 3 is 2.50 bits per heavy atom. The molecule has 0 aromatic heterocycles. The number of halogens is 1. The summed E-state index contributed by atoms with van der Waals surface area (Å²) in [4.78, 5) is 41.3. The number of rotatable bonds is 3. The van der Waals surface area contributed by atoms with Crippen LogP contribution in [0, 0.1) is 11.7 Å². The molecule has 3 atom stereocenters. The van der Waals surface area contributed by atoms with Gasteiger partial charge in [-0.3, -0.25) is 9.59 Å². The van der Waals surface area contributed by atoms with E-state index in [-0.39, 0.29) is 47.9 Å². The Hall–Kier alpha value is -3.66. The van der Waals surface area contributed by atoms with E-state index < -0.39 is 11.8 Å². The average molecular weight is 501 g/mol. The highest BCUT2D eigenvalue weighted by Gasteiger charge is 2.29. The number of anilines is 2. The van der Waals surface area contributed by atoms with Crippen LogP contribution in [0.5, 0.6) is 5.75 Å². The van der Waals surface area contributed by atoms with E-state index in [1.807, 2.05) is 13.8 Å². The van der Waals surface area contributed by atoms with E-state index in [1.165, 1.54) is 31.2 Å². The Kier molecular flexibility index (Phi) is 8.87. The molecule has 2 aromatic carbocycles. The van der Waals surface area contributed by atoms with E-state index in [4.69, 9.17) is 9.47 Å². The van der Waals surface area contributed by atoms with Crippen LogP contribution in [-0.2, 0) is 9.53 Å². The van der Waals surface area contributed by atoms with Gasteiger partial charge >= 0.3 is 6.03 Å². The van der Waals surface area contributed by atoms with Crippen LogP contribution < -0.4 is 15.4 Å². The van der Waals surface area contributed by atoms with Crippen LogP contribution >= 0.6 is 0 Å². The van der Waals surface area contributed by atoms with E-state index in [9.17, 15) is 18.8 Å². The van der Waals surface area contributed by atoms with E-state index in [0.717, 1.165) is 0 Å². The molecule has 2 aromatic rings.